The predicted octanol–water partition coefficient (Wildman–Crippen LogP) is 12.2. The highest BCUT2D eigenvalue weighted by Crippen LogP contribution is 2.50. The molecule has 0 N–H and O–H groups in total. The van der Waals surface area contributed by atoms with Crippen molar-refractivity contribution in [1.82, 2.24) is 0 Å². The molecule has 0 amide bonds. The Kier molecular flexibility index (Phi) is 10.1. The van der Waals surface area contributed by atoms with Crippen molar-refractivity contribution in [1.29, 1.82) is 0 Å². The van der Waals surface area contributed by atoms with E-state index in [0.717, 1.165) is 19.4 Å². The number of aryl methyl sites for hydroxylation is 1. The lowest BCUT2D eigenvalue weighted by atomic mass is 9.73. The molecule has 0 fully saturated rings. The highest BCUT2D eigenvalue weighted by atomic mass is 15.2. The molecule has 0 aromatic heterocycles. The van der Waals surface area contributed by atoms with Gasteiger partial charge in [0.1, 0.15) is 7.05 Å². The molecular formula is C49H55N2+. The Bertz CT molecular complexity index is 2100. The van der Waals surface area contributed by atoms with Gasteiger partial charge in [0.25, 0.3) is 0 Å². The molecule has 5 aromatic rings. The molecule has 0 spiro atoms. The molecule has 2 unspecified atom stereocenters. The first-order chi connectivity index (χ1) is 24.8. The van der Waals surface area contributed by atoms with Gasteiger partial charge in [-0.3, -0.25) is 0 Å². The van der Waals surface area contributed by atoms with Gasteiger partial charge in [0.15, 0.2) is 5.71 Å². The standard InChI is InChI=1S/C49H55N2/c1-6-7-8-9-10-20-34-51-44-29-19-18-28-42(44)48(3,35-38-23-12-11-13-24-38)46(51)31-21-30-45-49(4,36-40-26-15-14-22-37(40)2)43-33-32-39-25-16-17-27-41(39)47(43)50(45)5/h11-19,21-33H,6-10,20,34-36H2,1-5H3/q+1. The zero-order valence-corrected chi connectivity index (χ0v) is 31.5. The smallest absolute Gasteiger partial charge is 0.217 e. The highest BCUT2D eigenvalue weighted by Gasteiger charge is 2.48. The molecule has 2 heteroatoms. The monoisotopic (exact) mass is 671 g/mol. The Morgan fingerprint density at radius 3 is 2.20 bits per heavy atom. The number of hydrogen-bond acceptors (Lipinski definition) is 1. The van der Waals surface area contributed by atoms with Gasteiger partial charge in [-0.25, -0.2) is 0 Å². The molecule has 7 rings (SSSR count). The van der Waals surface area contributed by atoms with Gasteiger partial charge in [-0.2, -0.15) is 4.58 Å². The molecule has 5 aromatic carbocycles. The van der Waals surface area contributed by atoms with Crippen LogP contribution in [0.4, 0.5) is 11.4 Å². The molecule has 2 nitrogen and oxygen atoms in total. The fraction of sp³-hybridized carbons (Fsp3) is 0.327. The highest BCUT2D eigenvalue weighted by molar-refractivity contribution is 6.07. The molecule has 51 heavy (non-hydrogen) atoms. The zero-order chi connectivity index (χ0) is 35.4. The summed E-state index contributed by atoms with van der Waals surface area (Å²) in [7, 11) is 2.27. The average Bonchev–Trinajstić information content (AvgIpc) is 3.50. The van der Waals surface area contributed by atoms with E-state index in [1.807, 2.05) is 0 Å². The molecule has 0 aliphatic carbocycles. The summed E-state index contributed by atoms with van der Waals surface area (Å²) < 4.78 is 2.48. The second-order valence-electron chi connectivity index (χ2n) is 15.4. The van der Waals surface area contributed by atoms with Crippen LogP contribution in [0.5, 0.6) is 0 Å². The summed E-state index contributed by atoms with van der Waals surface area (Å²) in [5.41, 5.74) is 12.1. The summed E-state index contributed by atoms with van der Waals surface area (Å²) in [5.74, 6) is 0. The fourth-order valence-corrected chi connectivity index (χ4v) is 9.09. The molecule has 0 bridgehead atoms. The molecule has 0 saturated heterocycles. The number of fused-ring (bicyclic) bond motifs is 4. The number of allylic oxidation sites excluding steroid dienone is 4. The van der Waals surface area contributed by atoms with Crippen LogP contribution in [-0.4, -0.2) is 23.9 Å². The SMILES string of the molecule is CCCCCCCCN1C(=CC=CC2=[N+](C)c3c(ccc4ccccc34)C2(C)Cc2ccccc2C)C(C)(Cc2ccccc2)c2ccccc21. The Hall–Kier alpha value is -4.69. The quantitative estimate of drug-likeness (QED) is 0.0892. The Balaban J connectivity index is 1.31. The van der Waals surface area contributed by atoms with Crippen LogP contribution in [0.2, 0.25) is 0 Å². The Morgan fingerprint density at radius 2 is 1.37 bits per heavy atom. The summed E-state index contributed by atoms with van der Waals surface area (Å²) in [6.45, 7) is 10.5. The van der Waals surface area contributed by atoms with E-state index in [4.69, 9.17) is 0 Å². The number of hydrogen-bond donors (Lipinski definition) is 0. The average molecular weight is 672 g/mol. The number of nitrogens with zero attached hydrogens (tertiary/aromatic N) is 2. The molecular weight excluding hydrogens is 617 g/mol. The van der Waals surface area contributed by atoms with Crippen molar-refractivity contribution in [2.75, 3.05) is 18.5 Å². The summed E-state index contributed by atoms with van der Waals surface area (Å²) in [6, 6.07) is 42.7. The number of anilines is 1. The molecule has 2 atom stereocenters. The van der Waals surface area contributed by atoms with Gasteiger partial charge in [-0.15, -0.1) is 0 Å². The first kappa shape index (κ1) is 34.7. The summed E-state index contributed by atoms with van der Waals surface area (Å²) in [4.78, 5) is 2.65. The van der Waals surface area contributed by atoms with Crippen LogP contribution in [0.1, 0.15) is 87.1 Å². The molecule has 2 aliphatic rings. The van der Waals surface area contributed by atoms with Gasteiger partial charge in [0.2, 0.25) is 5.69 Å². The van der Waals surface area contributed by atoms with E-state index in [9.17, 15) is 0 Å². The van der Waals surface area contributed by atoms with E-state index in [0.29, 0.717) is 0 Å². The number of rotatable bonds is 13. The van der Waals surface area contributed by atoms with Crippen molar-refractivity contribution in [2.24, 2.45) is 0 Å². The summed E-state index contributed by atoms with van der Waals surface area (Å²) >= 11 is 0. The summed E-state index contributed by atoms with van der Waals surface area (Å²) in [5, 5.41) is 2.61. The largest absolute Gasteiger partial charge is 0.344 e. The molecule has 0 radical (unpaired) electrons. The second kappa shape index (κ2) is 14.9. The first-order valence-corrected chi connectivity index (χ1v) is 19.3. The van der Waals surface area contributed by atoms with Gasteiger partial charge in [0.05, 0.1) is 10.8 Å². The third-order valence-corrected chi connectivity index (χ3v) is 11.9. The Morgan fingerprint density at radius 1 is 0.667 bits per heavy atom. The predicted molar refractivity (Wildman–Crippen MR) is 219 cm³/mol. The van der Waals surface area contributed by atoms with Crippen molar-refractivity contribution in [3.8, 4) is 0 Å². The third-order valence-electron chi connectivity index (χ3n) is 11.9. The van der Waals surface area contributed by atoms with Gasteiger partial charge < -0.3 is 4.90 Å². The van der Waals surface area contributed by atoms with Crippen molar-refractivity contribution in [3.05, 3.63) is 167 Å². The lowest BCUT2D eigenvalue weighted by Gasteiger charge is -2.31. The zero-order valence-electron chi connectivity index (χ0n) is 31.5. The van der Waals surface area contributed by atoms with Crippen molar-refractivity contribution in [2.45, 2.75) is 89.9 Å². The topological polar surface area (TPSA) is 6.25 Å². The van der Waals surface area contributed by atoms with Crippen LogP contribution in [-0.2, 0) is 23.7 Å². The Labute approximate surface area is 306 Å². The van der Waals surface area contributed by atoms with E-state index < -0.39 is 0 Å². The van der Waals surface area contributed by atoms with Crippen LogP contribution in [0.3, 0.4) is 0 Å². The normalized spacial score (nSPS) is 20.6. The molecule has 260 valence electrons. The van der Waals surface area contributed by atoms with Crippen LogP contribution < -0.4 is 4.90 Å². The number of para-hydroxylation sites is 1. The number of unbranched alkanes of at least 4 members (excludes halogenated alkanes) is 5. The van der Waals surface area contributed by atoms with Crippen LogP contribution >= 0.6 is 0 Å². The van der Waals surface area contributed by atoms with Crippen LogP contribution in [0.15, 0.2) is 139 Å². The lowest BCUT2D eigenvalue weighted by Crippen LogP contribution is -2.33. The fourth-order valence-electron chi connectivity index (χ4n) is 9.09. The maximum absolute atomic E-state index is 2.65. The van der Waals surface area contributed by atoms with Crippen molar-refractivity contribution < 1.29 is 4.58 Å². The first-order valence-electron chi connectivity index (χ1n) is 19.3. The van der Waals surface area contributed by atoms with E-state index in [-0.39, 0.29) is 10.8 Å². The molecule has 2 aliphatic heterocycles. The minimum Gasteiger partial charge on any atom is -0.344 e. The van der Waals surface area contributed by atoms with Crippen LogP contribution in [0, 0.1) is 6.92 Å². The maximum Gasteiger partial charge on any atom is 0.217 e. The van der Waals surface area contributed by atoms with E-state index >= 15 is 0 Å². The van der Waals surface area contributed by atoms with E-state index in [1.165, 1.54) is 99.9 Å². The van der Waals surface area contributed by atoms with Gasteiger partial charge in [-0.1, -0.05) is 148 Å². The minimum atomic E-state index is -0.181. The summed E-state index contributed by atoms with van der Waals surface area (Å²) in [6.07, 6.45) is 17.0. The maximum atomic E-state index is 2.65. The van der Waals surface area contributed by atoms with Gasteiger partial charge in [0, 0.05) is 35.0 Å². The lowest BCUT2D eigenvalue weighted by molar-refractivity contribution is -0.399. The van der Waals surface area contributed by atoms with Gasteiger partial charge in [-0.05, 0) is 85.9 Å². The molecule has 0 saturated carbocycles. The van der Waals surface area contributed by atoms with E-state index in [2.05, 4.69) is 178 Å². The number of benzene rings is 5. The third kappa shape index (κ3) is 6.62. The molecule has 2 heterocycles. The van der Waals surface area contributed by atoms with Crippen molar-refractivity contribution >= 4 is 27.9 Å². The van der Waals surface area contributed by atoms with E-state index in [1.54, 1.807) is 0 Å². The van der Waals surface area contributed by atoms with Crippen LogP contribution in [0.25, 0.3) is 10.8 Å². The minimum absolute atomic E-state index is 0.139. The second-order valence-corrected chi connectivity index (χ2v) is 15.4. The van der Waals surface area contributed by atoms with Gasteiger partial charge >= 0.3 is 0 Å². The van der Waals surface area contributed by atoms with Crippen molar-refractivity contribution in [3.63, 3.8) is 0 Å².